The van der Waals surface area contributed by atoms with Gasteiger partial charge in [0.25, 0.3) is 11.1 Å². The SMILES string of the molecule is COC(=O)c1cc(-c2ccc(/C=C3/SC(=O)N(CC(=O)Nc4ccc(F)cc4F)C3=O)o2)ccc1Cl. The lowest BCUT2D eigenvalue weighted by atomic mass is 10.1. The van der Waals surface area contributed by atoms with E-state index >= 15 is 0 Å². The molecule has 1 aliphatic rings. The van der Waals surface area contributed by atoms with Gasteiger partial charge in [-0.05, 0) is 54.2 Å². The van der Waals surface area contributed by atoms with Crippen LogP contribution in [0.15, 0.2) is 57.9 Å². The molecule has 8 nitrogen and oxygen atoms in total. The highest BCUT2D eigenvalue weighted by Crippen LogP contribution is 2.34. The molecule has 2 heterocycles. The number of thioether (sulfide) groups is 1. The first-order chi connectivity index (χ1) is 17.2. The summed E-state index contributed by atoms with van der Waals surface area (Å²) in [5.74, 6) is -3.40. The second kappa shape index (κ2) is 10.3. The number of hydrogen-bond donors (Lipinski definition) is 1. The molecule has 36 heavy (non-hydrogen) atoms. The predicted molar refractivity (Wildman–Crippen MR) is 128 cm³/mol. The number of rotatable bonds is 6. The number of esters is 1. The molecule has 184 valence electrons. The number of nitrogens with zero attached hydrogens (tertiary/aromatic N) is 1. The Morgan fingerprint density at radius 2 is 1.92 bits per heavy atom. The van der Waals surface area contributed by atoms with Crippen molar-refractivity contribution in [1.82, 2.24) is 4.90 Å². The lowest BCUT2D eigenvalue weighted by molar-refractivity contribution is -0.127. The molecule has 0 radical (unpaired) electrons. The minimum Gasteiger partial charge on any atom is -0.465 e. The van der Waals surface area contributed by atoms with Crippen LogP contribution in [0.3, 0.4) is 0 Å². The Balaban J connectivity index is 1.47. The summed E-state index contributed by atoms with van der Waals surface area (Å²) in [7, 11) is 1.23. The molecule has 1 fully saturated rings. The number of nitrogens with one attached hydrogen (secondary N) is 1. The standard InChI is InChI=1S/C24H15ClF2N2O6S/c1-34-23(32)15-8-12(2-5-16(15)25)19-7-4-14(35-19)10-20-22(31)29(24(33)36-20)11-21(30)28-18-6-3-13(26)9-17(18)27/h2-10H,11H2,1H3,(H,28,30)/b20-10+. The second-order valence-electron chi connectivity index (χ2n) is 7.33. The molecule has 0 aliphatic carbocycles. The zero-order valence-corrected chi connectivity index (χ0v) is 19.9. The Hall–Kier alpha value is -3.96. The molecule has 1 aliphatic heterocycles. The zero-order valence-electron chi connectivity index (χ0n) is 18.3. The van der Waals surface area contributed by atoms with Crippen molar-refractivity contribution in [2.75, 3.05) is 19.0 Å². The van der Waals surface area contributed by atoms with Gasteiger partial charge < -0.3 is 14.5 Å². The first-order valence-electron chi connectivity index (χ1n) is 10.1. The lowest BCUT2D eigenvalue weighted by Crippen LogP contribution is -2.36. The molecular weight excluding hydrogens is 518 g/mol. The molecule has 1 N–H and O–H groups in total. The maximum atomic E-state index is 13.8. The average Bonchev–Trinajstić information content (AvgIpc) is 3.41. The van der Waals surface area contributed by atoms with Crippen LogP contribution >= 0.6 is 23.4 Å². The number of hydrogen-bond acceptors (Lipinski definition) is 7. The fourth-order valence-electron chi connectivity index (χ4n) is 3.22. The van der Waals surface area contributed by atoms with Gasteiger partial charge in [-0.15, -0.1) is 0 Å². The number of halogens is 3. The number of furan rings is 1. The quantitative estimate of drug-likeness (QED) is 0.337. The summed E-state index contributed by atoms with van der Waals surface area (Å²) in [4.78, 5) is 49.8. The van der Waals surface area contributed by atoms with E-state index in [4.69, 9.17) is 20.8 Å². The smallest absolute Gasteiger partial charge is 0.339 e. The molecule has 12 heteroatoms. The molecule has 1 aromatic heterocycles. The Morgan fingerprint density at radius 3 is 2.64 bits per heavy atom. The Kier molecular flexibility index (Phi) is 7.22. The van der Waals surface area contributed by atoms with Gasteiger partial charge in [-0.25, -0.2) is 13.6 Å². The van der Waals surface area contributed by atoms with E-state index in [1.54, 1.807) is 18.2 Å². The third-order valence-corrected chi connectivity index (χ3v) is 6.17. The van der Waals surface area contributed by atoms with Crippen LogP contribution in [0, 0.1) is 11.6 Å². The van der Waals surface area contributed by atoms with E-state index in [1.165, 1.54) is 25.3 Å². The van der Waals surface area contributed by atoms with Crippen LogP contribution in [-0.4, -0.2) is 41.6 Å². The number of ether oxygens (including phenoxy) is 1. The Bertz CT molecular complexity index is 1440. The number of anilines is 1. The maximum absolute atomic E-state index is 13.8. The number of amides is 3. The van der Waals surface area contributed by atoms with Gasteiger partial charge in [0.1, 0.15) is 29.7 Å². The van der Waals surface area contributed by atoms with Gasteiger partial charge in [0.15, 0.2) is 0 Å². The van der Waals surface area contributed by atoms with E-state index in [0.717, 1.165) is 12.1 Å². The van der Waals surface area contributed by atoms with Gasteiger partial charge in [0, 0.05) is 17.7 Å². The largest absolute Gasteiger partial charge is 0.465 e. The molecule has 0 saturated carbocycles. The van der Waals surface area contributed by atoms with E-state index in [9.17, 15) is 28.0 Å². The summed E-state index contributed by atoms with van der Waals surface area (Å²) in [6.45, 7) is -0.663. The van der Waals surface area contributed by atoms with Crippen LogP contribution in [0.5, 0.6) is 0 Å². The molecule has 4 rings (SSSR count). The van der Waals surface area contributed by atoms with E-state index in [-0.39, 0.29) is 26.9 Å². The molecule has 0 unspecified atom stereocenters. The predicted octanol–water partition coefficient (Wildman–Crippen LogP) is 5.34. The molecule has 2 aromatic carbocycles. The summed E-state index contributed by atoms with van der Waals surface area (Å²) in [6, 6.07) is 10.4. The summed E-state index contributed by atoms with van der Waals surface area (Å²) < 4.78 is 37.2. The summed E-state index contributed by atoms with van der Waals surface area (Å²) in [6.07, 6.45) is 1.34. The van der Waals surface area contributed by atoms with E-state index < -0.39 is 41.2 Å². The molecule has 0 atom stereocenters. The summed E-state index contributed by atoms with van der Waals surface area (Å²) in [5.41, 5.74) is 0.386. The lowest BCUT2D eigenvalue weighted by Gasteiger charge is -2.12. The number of methoxy groups -OCH3 is 1. The van der Waals surface area contributed by atoms with Crippen LogP contribution in [0.25, 0.3) is 17.4 Å². The van der Waals surface area contributed by atoms with Crippen LogP contribution in [0.1, 0.15) is 16.1 Å². The van der Waals surface area contributed by atoms with Crippen molar-refractivity contribution < 1.29 is 37.1 Å². The fraction of sp³-hybridized carbons (Fsp3) is 0.0833. The summed E-state index contributed by atoms with van der Waals surface area (Å²) in [5, 5.41) is 1.70. The van der Waals surface area contributed by atoms with Gasteiger partial charge in [0.05, 0.1) is 28.3 Å². The second-order valence-corrected chi connectivity index (χ2v) is 8.73. The number of imide groups is 1. The molecule has 0 bridgehead atoms. The van der Waals surface area contributed by atoms with E-state index in [2.05, 4.69) is 5.32 Å². The van der Waals surface area contributed by atoms with Crippen molar-refractivity contribution in [2.45, 2.75) is 0 Å². The molecule has 0 spiro atoms. The van der Waals surface area contributed by atoms with Gasteiger partial charge >= 0.3 is 5.97 Å². The van der Waals surface area contributed by atoms with Gasteiger partial charge in [0.2, 0.25) is 5.91 Å². The van der Waals surface area contributed by atoms with Gasteiger partial charge in [-0.3, -0.25) is 19.3 Å². The molecule has 3 amide bonds. The van der Waals surface area contributed by atoms with Crippen molar-refractivity contribution in [3.63, 3.8) is 0 Å². The van der Waals surface area contributed by atoms with Gasteiger partial charge in [-0.2, -0.15) is 0 Å². The van der Waals surface area contributed by atoms with Crippen molar-refractivity contribution in [2.24, 2.45) is 0 Å². The number of benzene rings is 2. The van der Waals surface area contributed by atoms with E-state index in [0.29, 0.717) is 34.1 Å². The van der Waals surface area contributed by atoms with Crippen molar-refractivity contribution >= 4 is 58.1 Å². The van der Waals surface area contributed by atoms with Crippen molar-refractivity contribution in [1.29, 1.82) is 0 Å². The van der Waals surface area contributed by atoms with Crippen molar-refractivity contribution in [3.05, 3.63) is 81.4 Å². The minimum absolute atomic E-state index is 0.00742. The molecule has 1 saturated heterocycles. The highest BCUT2D eigenvalue weighted by molar-refractivity contribution is 8.18. The monoisotopic (exact) mass is 532 g/mol. The highest BCUT2D eigenvalue weighted by atomic mass is 35.5. The van der Waals surface area contributed by atoms with E-state index in [1.807, 2.05) is 0 Å². The first-order valence-corrected chi connectivity index (χ1v) is 11.3. The number of carbonyl (C=O) groups is 4. The third kappa shape index (κ3) is 5.31. The normalized spacial score (nSPS) is 14.4. The average molecular weight is 533 g/mol. The van der Waals surface area contributed by atoms with Gasteiger partial charge in [-0.1, -0.05) is 11.6 Å². The Morgan fingerprint density at radius 1 is 1.14 bits per heavy atom. The maximum Gasteiger partial charge on any atom is 0.339 e. The Labute approximate surface area is 211 Å². The zero-order chi connectivity index (χ0) is 26.0. The van der Waals surface area contributed by atoms with Crippen molar-refractivity contribution in [3.8, 4) is 11.3 Å². The van der Waals surface area contributed by atoms with Crippen LogP contribution in [-0.2, 0) is 14.3 Å². The summed E-state index contributed by atoms with van der Waals surface area (Å²) >= 11 is 6.64. The molecule has 3 aromatic rings. The van der Waals surface area contributed by atoms with Crippen LogP contribution in [0.2, 0.25) is 5.02 Å². The third-order valence-electron chi connectivity index (χ3n) is 4.94. The topological polar surface area (TPSA) is 106 Å². The molecular formula is C24H15ClF2N2O6S. The van der Waals surface area contributed by atoms with Crippen LogP contribution in [0.4, 0.5) is 19.3 Å². The number of carbonyl (C=O) groups excluding carboxylic acids is 4. The minimum atomic E-state index is -0.995. The first kappa shape index (κ1) is 25.1. The highest BCUT2D eigenvalue weighted by Gasteiger charge is 2.36. The fourth-order valence-corrected chi connectivity index (χ4v) is 4.23. The van der Waals surface area contributed by atoms with Crippen LogP contribution < -0.4 is 5.32 Å².